The Hall–Kier alpha value is -1.78. The molecular formula is C14H20N2O3. The summed E-state index contributed by atoms with van der Waals surface area (Å²) in [6, 6.07) is 1.75. The Balaban J connectivity index is 2.27. The molecule has 1 saturated carbocycles. The molecule has 0 saturated heterocycles. The van der Waals surface area contributed by atoms with Gasteiger partial charge in [0.15, 0.2) is 11.4 Å². The van der Waals surface area contributed by atoms with E-state index in [-0.39, 0.29) is 12.0 Å². The summed E-state index contributed by atoms with van der Waals surface area (Å²) in [5, 5.41) is 0. The van der Waals surface area contributed by atoms with Crippen LogP contribution in [-0.2, 0) is 0 Å². The van der Waals surface area contributed by atoms with Gasteiger partial charge in [-0.1, -0.05) is 0 Å². The van der Waals surface area contributed by atoms with Gasteiger partial charge in [0.1, 0.15) is 5.75 Å². The van der Waals surface area contributed by atoms with Crippen LogP contribution in [0, 0.1) is 0 Å². The molecule has 19 heavy (non-hydrogen) atoms. The second kappa shape index (κ2) is 5.47. The van der Waals surface area contributed by atoms with Crippen LogP contribution in [0.2, 0.25) is 0 Å². The van der Waals surface area contributed by atoms with E-state index in [4.69, 9.17) is 9.47 Å². The summed E-state index contributed by atoms with van der Waals surface area (Å²) in [4.78, 5) is 17.7. The SMILES string of the molecule is CC(C)Oc1cc(OC2CC2)cnc1C(=O)N(C)C. The lowest BCUT2D eigenvalue weighted by molar-refractivity contribution is 0.0815. The minimum Gasteiger partial charge on any atom is -0.489 e. The molecule has 0 atom stereocenters. The van der Waals surface area contributed by atoms with Crippen molar-refractivity contribution in [1.82, 2.24) is 9.88 Å². The molecule has 0 unspecified atom stereocenters. The second-order valence-corrected chi connectivity index (χ2v) is 5.20. The maximum Gasteiger partial charge on any atom is 0.275 e. The second-order valence-electron chi connectivity index (χ2n) is 5.20. The van der Waals surface area contributed by atoms with E-state index >= 15 is 0 Å². The molecule has 5 heteroatoms. The third-order valence-corrected chi connectivity index (χ3v) is 2.63. The van der Waals surface area contributed by atoms with Gasteiger partial charge in [0.25, 0.3) is 5.91 Å². The third kappa shape index (κ3) is 3.59. The number of hydrogen-bond donors (Lipinski definition) is 0. The van der Waals surface area contributed by atoms with Crippen LogP contribution >= 0.6 is 0 Å². The molecular weight excluding hydrogens is 244 g/mol. The number of amides is 1. The Bertz CT molecular complexity index is 468. The Kier molecular flexibility index (Phi) is 3.93. The summed E-state index contributed by atoms with van der Waals surface area (Å²) in [5.74, 6) is 0.967. The van der Waals surface area contributed by atoms with Crippen LogP contribution in [0.5, 0.6) is 11.5 Å². The van der Waals surface area contributed by atoms with Crippen molar-refractivity contribution in [3.05, 3.63) is 18.0 Å². The molecule has 0 aliphatic heterocycles. The van der Waals surface area contributed by atoms with E-state index in [2.05, 4.69) is 4.98 Å². The van der Waals surface area contributed by atoms with Crippen LogP contribution in [0.4, 0.5) is 0 Å². The highest BCUT2D eigenvalue weighted by molar-refractivity contribution is 5.94. The van der Waals surface area contributed by atoms with Crippen molar-refractivity contribution in [1.29, 1.82) is 0 Å². The molecule has 1 aromatic heterocycles. The van der Waals surface area contributed by atoms with Crippen LogP contribution in [0.15, 0.2) is 12.3 Å². The lowest BCUT2D eigenvalue weighted by atomic mass is 10.3. The van der Waals surface area contributed by atoms with Crippen molar-refractivity contribution in [2.75, 3.05) is 14.1 Å². The monoisotopic (exact) mass is 264 g/mol. The van der Waals surface area contributed by atoms with Gasteiger partial charge in [0.2, 0.25) is 0 Å². The molecule has 0 bridgehead atoms. The fraction of sp³-hybridized carbons (Fsp3) is 0.571. The van der Waals surface area contributed by atoms with Gasteiger partial charge in [-0.3, -0.25) is 4.79 Å². The van der Waals surface area contributed by atoms with E-state index in [0.29, 0.717) is 23.3 Å². The topological polar surface area (TPSA) is 51.7 Å². The summed E-state index contributed by atoms with van der Waals surface area (Å²) in [6.07, 6.45) is 4.02. The molecule has 1 amide bonds. The molecule has 2 rings (SSSR count). The van der Waals surface area contributed by atoms with E-state index in [1.165, 1.54) is 4.90 Å². The van der Waals surface area contributed by atoms with E-state index in [1.807, 2.05) is 13.8 Å². The molecule has 1 heterocycles. The van der Waals surface area contributed by atoms with Crippen LogP contribution in [0.1, 0.15) is 37.2 Å². The Morgan fingerprint density at radius 1 is 1.42 bits per heavy atom. The van der Waals surface area contributed by atoms with Gasteiger partial charge >= 0.3 is 0 Å². The van der Waals surface area contributed by atoms with Crippen molar-refractivity contribution < 1.29 is 14.3 Å². The molecule has 5 nitrogen and oxygen atoms in total. The lowest BCUT2D eigenvalue weighted by Crippen LogP contribution is -2.24. The summed E-state index contributed by atoms with van der Waals surface area (Å²) < 4.78 is 11.3. The van der Waals surface area contributed by atoms with E-state index in [0.717, 1.165) is 12.8 Å². The minimum absolute atomic E-state index is 0.0216. The predicted octanol–water partition coefficient (Wildman–Crippen LogP) is 2.11. The number of pyridine rings is 1. The molecule has 1 aliphatic rings. The standard InChI is InChI=1S/C14H20N2O3/c1-9(2)18-12-7-11(19-10-5-6-10)8-15-13(12)14(17)16(3)4/h7-10H,5-6H2,1-4H3. The van der Waals surface area contributed by atoms with Crippen LogP contribution in [0.3, 0.4) is 0 Å². The maximum absolute atomic E-state index is 12.0. The average molecular weight is 264 g/mol. The summed E-state index contributed by atoms with van der Waals surface area (Å²) in [5.41, 5.74) is 0.321. The molecule has 0 N–H and O–H groups in total. The Labute approximate surface area is 113 Å². The summed E-state index contributed by atoms with van der Waals surface area (Å²) >= 11 is 0. The zero-order valence-corrected chi connectivity index (χ0v) is 11.8. The summed E-state index contributed by atoms with van der Waals surface area (Å²) in [6.45, 7) is 3.83. The third-order valence-electron chi connectivity index (χ3n) is 2.63. The first-order valence-corrected chi connectivity index (χ1v) is 6.52. The van der Waals surface area contributed by atoms with Gasteiger partial charge in [0.05, 0.1) is 18.4 Å². The van der Waals surface area contributed by atoms with Crippen LogP contribution < -0.4 is 9.47 Å². The van der Waals surface area contributed by atoms with Gasteiger partial charge in [-0.2, -0.15) is 0 Å². The van der Waals surface area contributed by atoms with Crippen molar-refractivity contribution in [2.24, 2.45) is 0 Å². The first-order chi connectivity index (χ1) is 8.97. The average Bonchev–Trinajstić information content (AvgIpc) is 3.11. The van der Waals surface area contributed by atoms with Crippen LogP contribution in [-0.4, -0.2) is 42.1 Å². The molecule has 104 valence electrons. The highest BCUT2D eigenvalue weighted by atomic mass is 16.5. The predicted molar refractivity (Wildman–Crippen MR) is 71.7 cm³/mol. The van der Waals surface area contributed by atoms with Crippen molar-refractivity contribution in [3.8, 4) is 11.5 Å². The molecule has 0 radical (unpaired) electrons. The Morgan fingerprint density at radius 2 is 2.11 bits per heavy atom. The normalized spacial score (nSPS) is 14.4. The minimum atomic E-state index is -0.173. The molecule has 1 fully saturated rings. The number of rotatable bonds is 5. The van der Waals surface area contributed by atoms with Gasteiger partial charge < -0.3 is 14.4 Å². The largest absolute Gasteiger partial charge is 0.489 e. The number of hydrogen-bond acceptors (Lipinski definition) is 4. The zero-order valence-electron chi connectivity index (χ0n) is 11.8. The molecule has 1 aromatic rings. The zero-order chi connectivity index (χ0) is 14.0. The number of ether oxygens (including phenoxy) is 2. The van der Waals surface area contributed by atoms with Gasteiger partial charge in [-0.25, -0.2) is 4.98 Å². The number of nitrogens with zero attached hydrogens (tertiary/aromatic N) is 2. The highest BCUT2D eigenvalue weighted by Crippen LogP contribution is 2.30. The number of carbonyl (C=O) groups excluding carboxylic acids is 1. The van der Waals surface area contributed by atoms with Gasteiger partial charge in [0, 0.05) is 20.2 Å². The van der Waals surface area contributed by atoms with E-state index in [9.17, 15) is 4.79 Å². The lowest BCUT2D eigenvalue weighted by Gasteiger charge is -2.17. The van der Waals surface area contributed by atoms with E-state index < -0.39 is 0 Å². The van der Waals surface area contributed by atoms with Crippen LogP contribution in [0.25, 0.3) is 0 Å². The van der Waals surface area contributed by atoms with Gasteiger partial charge in [-0.15, -0.1) is 0 Å². The number of carbonyl (C=O) groups is 1. The van der Waals surface area contributed by atoms with Gasteiger partial charge in [-0.05, 0) is 26.7 Å². The Morgan fingerprint density at radius 3 is 2.63 bits per heavy atom. The maximum atomic E-state index is 12.0. The van der Waals surface area contributed by atoms with Crippen molar-refractivity contribution >= 4 is 5.91 Å². The first kappa shape index (κ1) is 13.6. The summed E-state index contributed by atoms with van der Waals surface area (Å²) in [7, 11) is 3.38. The van der Waals surface area contributed by atoms with E-state index in [1.54, 1.807) is 26.4 Å². The number of aromatic nitrogens is 1. The van der Waals surface area contributed by atoms with Crippen molar-refractivity contribution in [2.45, 2.75) is 38.9 Å². The fourth-order valence-electron chi connectivity index (χ4n) is 1.59. The fourth-order valence-corrected chi connectivity index (χ4v) is 1.59. The first-order valence-electron chi connectivity index (χ1n) is 6.52. The highest BCUT2D eigenvalue weighted by Gasteiger charge is 2.25. The van der Waals surface area contributed by atoms with Crippen molar-refractivity contribution in [3.63, 3.8) is 0 Å². The molecule has 0 aromatic carbocycles. The quantitative estimate of drug-likeness (QED) is 0.817. The smallest absolute Gasteiger partial charge is 0.275 e. The molecule has 1 aliphatic carbocycles. The molecule has 0 spiro atoms.